The van der Waals surface area contributed by atoms with Crippen LogP contribution in [-0.4, -0.2) is 237 Å². The van der Waals surface area contributed by atoms with Crippen LogP contribution in [0.25, 0.3) is 21.7 Å². The Bertz CT molecular complexity index is 4410. The van der Waals surface area contributed by atoms with Gasteiger partial charge in [0.05, 0.1) is 19.1 Å². The Morgan fingerprint density at radius 2 is 1.26 bits per heavy atom. The van der Waals surface area contributed by atoms with Crippen molar-refractivity contribution in [2.24, 2.45) is 34.4 Å². The van der Waals surface area contributed by atoms with Crippen molar-refractivity contribution >= 4 is 134 Å². The van der Waals surface area contributed by atoms with E-state index >= 15 is 28.8 Å². The molecule has 1 aliphatic rings. The fourth-order valence-electron chi connectivity index (χ4n) is 12.7. The van der Waals surface area contributed by atoms with E-state index in [1.807, 2.05) is 6.07 Å². The lowest BCUT2D eigenvalue weighted by atomic mass is 9.91. The van der Waals surface area contributed by atoms with E-state index in [4.69, 9.17) is 39.1 Å². The standard InChI is InChI=1S/C77H105N19O20S/c1-41(97)65-75(114)96(4)59(36-47-38-84-50-14-8-7-13-49(47)50)74(113)88-51(21-24-60(80)99)67(106)92-58(40-117-32-27-54(86-42(2)98)69(108)87-52(70(109)94-65)22-25-61(81)100)72(111)89-55(34-43-16-19-48(20-17-43)116-31-30-79)71(110)90-56(35-44-15-18-45-11-5-6-12-46(45)33-44)73(112)95-77(3,28-9-10-29-78)76(115)93-53(23-26-64(103)104)68(107)91-57(37-62(82)101)66(105)85-39-63(83)102/h5-8,11-20,33,38,41,51-59,65,84,97H,9-10,21-32,34-37,39-40,78-79H2,1-4H3,(H2,80,99)(H2,81,100)(H2,82,101)(H2,83,102)(H,85,105)(H,86,98)(H,87,108)(H,88,113)(H,89,111)(H,90,110)(H,91,107)(H,92,106)(H,93,115)(H,94,109)(H,95,112)(H,103,104)/t41-,51+,52+,53+,54+,55+,56+,57+,58+,59+,65+,77+/m1/s1. The van der Waals surface area contributed by atoms with Crippen LogP contribution in [0.5, 0.6) is 5.75 Å². The number of ether oxygens (including phenoxy) is 1. The topological polar surface area (TPSA) is 647 Å². The number of carbonyl (C=O) groups is 17. The van der Waals surface area contributed by atoms with Crippen LogP contribution in [0.15, 0.2) is 97.2 Å². The second-order valence-corrected chi connectivity index (χ2v) is 29.6. The van der Waals surface area contributed by atoms with Gasteiger partial charge in [0.15, 0.2) is 0 Å². The van der Waals surface area contributed by atoms with Gasteiger partial charge in [0.2, 0.25) is 94.5 Å². The van der Waals surface area contributed by atoms with E-state index in [2.05, 4.69) is 63.5 Å². The molecular weight excluding hydrogens is 1540 g/mol. The average Bonchev–Trinajstić information content (AvgIpc) is 1.70. The fraction of sp³-hybridized carbons (Fsp3) is 0.468. The average molecular weight is 1650 g/mol. The lowest BCUT2D eigenvalue weighted by Crippen LogP contribution is -2.64. The minimum absolute atomic E-state index is 0.0878. The number of benzene rings is 4. The van der Waals surface area contributed by atoms with Crippen LogP contribution in [0, 0.1) is 0 Å². The van der Waals surface area contributed by atoms with Crippen molar-refractivity contribution in [3.8, 4) is 5.75 Å². The molecule has 1 aromatic heterocycles. The number of nitrogens with zero attached hydrogens (tertiary/aromatic N) is 1. The van der Waals surface area contributed by atoms with E-state index in [1.165, 1.54) is 14.0 Å². The molecule has 40 heteroatoms. The maximum absolute atomic E-state index is 15.7. The van der Waals surface area contributed by atoms with Crippen LogP contribution in [-0.2, 0) is 101 Å². The van der Waals surface area contributed by atoms with Crippen molar-refractivity contribution in [3.05, 3.63) is 114 Å². The second kappa shape index (κ2) is 45.7. The van der Waals surface area contributed by atoms with E-state index in [1.54, 1.807) is 91.1 Å². The number of amides is 16. The molecule has 0 saturated carbocycles. The molecule has 16 amide bonds. The number of carbonyl (C=O) groups excluding carboxylic acids is 16. The molecule has 26 N–H and O–H groups in total. The molecule has 1 fully saturated rings. The Morgan fingerprint density at radius 1 is 0.650 bits per heavy atom. The van der Waals surface area contributed by atoms with Gasteiger partial charge >= 0.3 is 5.97 Å². The summed E-state index contributed by atoms with van der Waals surface area (Å²) < 4.78 is 5.71. The minimum Gasteiger partial charge on any atom is -0.492 e. The van der Waals surface area contributed by atoms with E-state index in [0.717, 1.165) is 35.9 Å². The number of nitrogens with one attached hydrogen (secondary N) is 12. The van der Waals surface area contributed by atoms with Crippen molar-refractivity contribution < 1.29 is 96.5 Å². The number of rotatable bonds is 39. The van der Waals surface area contributed by atoms with Crippen LogP contribution < -0.4 is 97.6 Å². The number of likely N-dealkylation sites (N-methyl/N-ethyl adjacent to an activating group) is 1. The highest BCUT2D eigenvalue weighted by Gasteiger charge is 2.43. The molecule has 2 heterocycles. The SMILES string of the molecule is CC(=O)N[C@H]1CCSC[C@@H](C(=O)N[C@@H](Cc2ccc(OCCN)cc2)C(=O)N[C@@H](Cc2ccc3ccccc3c2)C(=O)N[C@@](C)(CCCCN)C(=O)N[C@@H](CCC(=O)O)C(=O)N[C@@H](CC(N)=O)C(=O)NCC(N)=O)NC(=O)[C@H](CCC(N)=O)NC(=O)[C@H](Cc2c[nH]c3ccccc23)N(C)C(=O)[C@H]([C@@H](C)O)NC(=O)[C@H](CCC(N)=O)NC1=O. The molecule has 39 nitrogen and oxygen atoms in total. The number of aromatic amines is 1. The molecule has 634 valence electrons. The Hall–Kier alpha value is -12.3. The van der Waals surface area contributed by atoms with Crippen LogP contribution in [0.2, 0.25) is 0 Å². The number of hydrogen-bond donors (Lipinski definition) is 20. The number of aliphatic hydroxyl groups excluding tert-OH is 1. The van der Waals surface area contributed by atoms with Gasteiger partial charge in [0.25, 0.3) is 0 Å². The van der Waals surface area contributed by atoms with Gasteiger partial charge in [0.1, 0.15) is 78.3 Å². The Morgan fingerprint density at radius 3 is 1.88 bits per heavy atom. The van der Waals surface area contributed by atoms with Crippen LogP contribution >= 0.6 is 11.8 Å². The van der Waals surface area contributed by atoms with Gasteiger partial charge < -0.3 is 118 Å². The number of aliphatic carboxylic acids is 1. The molecule has 117 heavy (non-hydrogen) atoms. The number of fused-ring (bicyclic) bond motifs is 2. The summed E-state index contributed by atoms with van der Waals surface area (Å²) >= 11 is 0.917. The number of unbranched alkanes of at least 4 members (excludes halogenated alkanes) is 1. The number of aromatic nitrogens is 1. The number of carboxylic acid groups (broad SMARTS) is 1. The van der Waals surface area contributed by atoms with Gasteiger partial charge in [-0.3, -0.25) is 81.5 Å². The lowest BCUT2D eigenvalue weighted by Gasteiger charge is -2.34. The summed E-state index contributed by atoms with van der Waals surface area (Å²) in [6.07, 6.45) is -5.65. The number of primary amides is 4. The largest absolute Gasteiger partial charge is 0.492 e. The normalized spacial score (nSPS) is 19.0. The molecule has 0 spiro atoms. The fourth-order valence-corrected chi connectivity index (χ4v) is 13.7. The van der Waals surface area contributed by atoms with Gasteiger partial charge in [-0.2, -0.15) is 11.8 Å². The zero-order valence-electron chi connectivity index (χ0n) is 65.3. The molecule has 0 unspecified atom stereocenters. The predicted molar refractivity (Wildman–Crippen MR) is 427 cm³/mol. The second-order valence-electron chi connectivity index (χ2n) is 28.5. The van der Waals surface area contributed by atoms with Crippen LogP contribution in [0.3, 0.4) is 0 Å². The van der Waals surface area contributed by atoms with Gasteiger partial charge in [-0.1, -0.05) is 72.8 Å². The molecule has 0 aliphatic carbocycles. The first kappa shape index (κ1) is 93.6. The van der Waals surface area contributed by atoms with Crippen LogP contribution in [0.1, 0.15) is 108 Å². The number of para-hydroxylation sites is 1. The maximum atomic E-state index is 15.7. The van der Waals surface area contributed by atoms with Gasteiger partial charge in [-0.25, -0.2) is 0 Å². The first-order valence-electron chi connectivity index (χ1n) is 37.8. The molecule has 4 aromatic carbocycles. The summed E-state index contributed by atoms with van der Waals surface area (Å²) in [5, 5.41) is 50.9. The summed E-state index contributed by atoms with van der Waals surface area (Å²) in [4.78, 5) is 241. The minimum atomic E-state index is -2.09. The predicted octanol–water partition coefficient (Wildman–Crippen LogP) is -4.71. The molecule has 12 atom stereocenters. The third-order valence-electron chi connectivity index (χ3n) is 19.1. The van der Waals surface area contributed by atoms with Crippen molar-refractivity contribution in [2.45, 2.75) is 183 Å². The Kier molecular flexibility index (Phi) is 36.5. The van der Waals surface area contributed by atoms with Gasteiger partial charge in [-0.15, -0.1) is 0 Å². The summed E-state index contributed by atoms with van der Waals surface area (Å²) in [6, 6.07) is 8.17. The third kappa shape index (κ3) is 29.8. The number of carboxylic acids is 1. The summed E-state index contributed by atoms with van der Waals surface area (Å²) in [7, 11) is 1.18. The number of aliphatic hydroxyl groups is 1. The van der Waals surface area contributed by atoms with E-state index in [-0.39, 0.29) is 64.0 Å². The molecule has 6 rings (SSSR count). The highest BCUT2D eigenvalue weighted by Crippen LogP contribution is 2.25. The monoisotopic (exact) mass is 1650 g/mol. The van der Waals surface area contributed by atoms with Crippen LogP contribution in [0.4, 0.5) is 0 Å². The molecule has 1 aliphatic heterocycles. The first-order valence-corrected chi connectivity index (χ1v) is 39.0. The molecular formula is C77H105N19O20S. The molecule has 5 aromatic rings. The van der Waals surface area contributed by atoms with Gasteiger partial charge in [-0.05, 0) is 117 Å². The summed E-state index contributed by atoms with van der Waals surface area (Å²) in [6.45, 7) is 3.14. The summed E-state index contributed by atoms with van der Waals surface area (Å²) in [5.74, 6) is -18.3. The third-order valence-corrected chi connectivity index (χ3v) is 20.2. The zero-order valence-corrected chi connectivity index (χ0v) is 66.1. The molecule has 1 saturated heterocycles. The quantitative estimate of drug-likeness (QED) is 0.0164. The summed E-state index contributed by atoms with van der Waals surface area (Å²) in [5.41, 5.74) is 33.1. The van der Waals surface area contributed by atoms with Crippen molar-refractivity contribution in [3.63, 3.8) is 0 Å². The lowest BCUT2D eigenvalue weighted by molar-refractivity contribution is -0.145. The van der Waals surface area contributed by atoms with E-state index < -0.39 is 236 Å². The number of hydrogen-bond acceptors (Lipinski definition) is 22. The van der Waals surface area contributed by atoms with E-state index in [0.29, 0.717) is 38.7 Å². The number of H-pyrrole nitrogens is 1. The highest BCUT2D eigenvalue weighted by molar-refractivity contribution is 7.99. The van der Waals surface area contributed by atoms with Crippen molar-refractivity contribution in [2.75, 3.05) is 44.8 Å². The highest BCUT2D eigenvalue weighted by atomic mass is 32.2. The van der Waals surface area contributed by atoms with Crippen molar-refractivity contribution in [1.29, 1.82) is 0 Å². The van der Waals surface area contributed by atoms with E-state index in [9.17, 15) is 63.0 Å². The number of thioether (sulfide) groups is 1. The Labute approximate surface area is 677 Å². The molecule has 0 bridgehead atoms. The first-order chi connectivity index (χ1) is 55.5. The smallest absolute Gasteiger partial charge is 0.303 e. The number of nitrogens with two attached hydrogens (primary N) is 6. The zero-order chi connectivity index (χ0) is 86.2. The van der Waals surface area contributed by atoms with Crippen molar-refractivity contribution in [1.82, 2.24) is 68.4 Å². The Balaban J connectivity index is 1.47. The maximum Gasteiger partial charge on any atom is 0.303 e. The molecule has 0 radical (unpaired) electrons. The van der Waals surface area contributed by atoms with Gasteiger partial charge in [0, 0.05) is 81.9 Å².